The van der Waals surface area contributed by atoms with Crippen molar-refractivity contribution in [1.82, 2.24) is 9.97 Å². The van der Waals surface area contributed by atoms with E-state index >= 15 is 0 Å². The van der Waals surface area contributed by atoms with Gasteiger partial charge in [-0.25, -0.2) is 9.97 Å². The molecule has 2 N–H and O–H groups in total. The van der Waals surface area contributed by atoms with Crippen LogP contribution in [0.15, 0.2) is 12.3 Å². The predicted molar refractivity (Wildman–Crippen MR) is 60.3 cm³/mol. The van der Waals surface area contributed by atoms with Crippen molar-refractivity contribution >= 4 is 5.82 Å². The first-order chi connectivity index (χ1) is 7.74. The maximum Gasteiger partial charge on any atom is 0.130 e. The predicted octanol–water partition coefficient (Wildman–Crippen LogP) is 0.738. The summed E-state index contributed by atoms with van der Waals surface area (Å²) in [4.78, 5) is 8.33. The summed E-state index contributed by atoms with van der Waals surface area (Å²) >= 11 is 0. The number of hydrogen-bond donors (Lipinski definition) is 2. The number of rotatable bonds is 3. The zero-order valence-electron chi connectivity index (χ0n) is 9.44. The molecule has 0 aromatic carbocycles. The number of aliphatic hydroxyl groups excluding tert-OH is 1. The van der Waals surface area contributed by atoms with Gasteiger partial charge in [-0.05, 0) is 25.8 Å². The summed E-state index contributed by atoms with van der Waals surface area (Å²) in [7, 11) is 0. The van der Waals surface area contributed by atoms with Gasteiger partial charge in [0.15, 0.2) is 0 Å². The fourth-order valence-corrected chi connectivity index (χ4v) is 1.88. The standard InChI is InChI=1S/C11H17N3O2/c1-9-12-5-2-10(13-9)14-11(8-15)3-6-16-7-4-11/h2,5,15H,3-4,6-8H2,1H3,(H,12,13,14). The summed E-state index contributed by atoms with van der Waals surface area (Å²) in [6.45, 7) is 3.30. The number of anilines is 1. The highest BCUT2D eigenvalue weighted by Gasteiger charge is 2.32. The third-order valence-electron chi connectivity index (χ3n) is 2.92. The Labute approximate surface area is 94.9 Å². The largest absolute Gasteiger partial charge is 0.394 e. The first kappa shape index (κ1) is 11.3. The molecule has 0 saturated carbocycles. The molecular formula is C11H17N3O2. The first-order valence-corrected chi connectivity index (χ1v) is 5.51. The molecule has 0 bridgehead atoms. The molecule has 1 saturated heterocycles. The van der Waals surface area contributed by atoms with E-state index in [2.05, 4.69) is 15.3 Å². The van der Waals surface area contributed by atoms with E-state index in [-0.39, 0.29) is 12.1 Å². The number of ether oxygens (including phenoxy) is 1. The van der Waals surface area contributed by atoms with Gasteiger partial charge in [0.1, 0.15) is 11.6 Å². The molecule has 1 fully saturated rings. The van der Waals surface area contributed by atoms with Gasteiger partial charge in [-0.2, -0.15) is 0 Å². The minimum Gasteiger partial charge on any atom is -0.394 e. The van der Waals surface area contributed by atoms with Crippen molar-refractivity contribution in [2.45, 2.75) is 25.3 Å². The molecular weight excluding hydrogens is 206 g/mol. The lowest BCUT2D eigenvalue weighted by atomic mass is 9.91. The molecule has 0 amide bonds. The van der Waals surface area contributed by atoms with Crippen LogP contribution in [0.4, 0.5) is 5.82 Å². The van der Waals surface area contributed by atoms with E-state index in [1.54, 1.807) is 6.20 Å². The molecule has 0 aliphatic carbocycles. The van der Waals surface area contributed by atoms with Crippen molar-refractivity contribution < 1.29 is 9.84 Å². The summed E-state index contributed by atoms with van der Waals surface area (Å²) in [5.41, 5.74) is -0.293. The third kappa shape index (κ3) is 2.48. The van der Waals surface area contributed by atoms with Gasteiger partial charge in [0.05, 0.1) is 12.1 Å². The van der Waals surface area contributed by atoms with Gasteiger partial charge in [-0.3, -0.25) is 0 Å². The van der Waals surface area contributed by atoms with Crippen molar-refractivity contribution in [1.29, 1.82) is 0 Å². The van der Waals surface area contributed by atoms with Gasteiger partial charge in [0, 0.05) is 19.4 Å². The number of aliphatic hydroxyl groups is 1. The van der Waals surface area contributed by atoms with Crippen LogP contribution in [0, 0.1) is 6.92 Å². The van der Waals surface area contributed by atoms with Gasteiger partial charge in [0.25, 0.3) is 0 Å². The molecule has 88 valence electrons. The van der Waals surface area contributed by atoms with E-state index in [0.29, 0.717) is 13.2 Å². The topological polar surface area (TPSA) is 67.3 Å². The van der Waals surface area contributed by atoms with Crippen LogP contribution in [0.3, 0.4) is 0 Å². The Hall–Kier alpha value is -1.20. The van der Waals surface area contributed by atoms with Crippen molar-refractivity contribution in [3.05, 3.63) is 18.1 Å². The third-order valence-corrected chi connectivity index (χ3v) is 2.92. The highest BCUT2D eigenvalue weighted by atomic mass is 16.5. The minimum absolute atomic E-state index is 0.0966. The highest BCUT2D eigenvalue weighted by molar-refractivity contribution is 5.37. The second-order valence-electron chi connectivity index (χ2n) is 4.16. The maximum absolute atomic E-state index is 9.51. The second kappa shape index (κ2) is 4.76. The van der Waals surface area contributed by atoms with Gasteiger partial charge >= 0.3 is 0 Å². The molecule has 1 aromatic rings. The van der Waals surface area contributed by atoms with Crippen molar-refractivity contribution in [3.63, 3.8) is 0 Å². The lowest BCUT2D eigenvalue weighted by Crippen LogP contribution is -2.47. The molecule has 1 aliphatic rings. The van der Waals surface area contributed by atoms with E-state index in [9.17, 15) is 5.11 Å². The van der Waals surface area contributed by atoms with Crippen LogP contribution in [0.25, 0.3) is 0 Å². The van der Waals surface area contributed by atoms with Gasteiger partial charge in [-0.1, -0.05) is 0 Å². The average Bonchev–Trinajstić information content (AvgIpc) is 2.30. The molecule has 0 radical (unpaired) electrons. The number of hydrogen-bond acceptors (Lipinski definition) is 5. The Morgan fingerprint density at radius 3 is 2.88 bits per heavy atom. The summed E-state index contributed by atoms with van der Waals surface area (Å²) in [5, 5.41) is 12.8. The SMILES string of the molecule is Cc1nccc(NC2(CO)CCOCC2)n1. The monoisotopic (exact) mass is 223 g/mol. The lowest BCUT2D eigenvalue weighted by molar-refractivity contribution is 0.0378. The van der Waals surface area contributed by atoms with Gasteiger partial charge in [0.2, 0.25) is 0 Å². The normalized spacial score (nSPS) is 19.4. The van der Waals surface area contributed by atoms with Crippen molar-refractivity contribution in [2.24, 2.45) is 0 Å². The van der Waals surface area contributed by atoms with E-state index in [4.69, 9.17) is 4.74 Å². The lowest BCUT2D eigenvalue weighted by Gasteiger charge is -2.36. The van der Waals surface area contributed by atoms with Crippen LogP contribution in [0.5, 0.6) is 0 Å². The fourth-order valence-electron chi connectivity index (χ4n) is 1.88. The molecule has 2 heterocycles. The average molecular weight is 223 g/mol. The maximum atomic E-state index is 9.51. The molecule has 5 heteroatoms. The van der Waals surface area contributed by atoms with Crippen LogP contribution < -0.4 is 5.32 Å². The number of aromatic nitrogens is 2. The van der Waals surface area contributed by atoms with Crippen LogP contribution >= 0.6 is 0 Å². The Kier molecular flexibility index (Phi) is 3.36. The smallest absolute Gasteiger partial charge is 0.130 e. The zero-order chi connectivity index (χ0) is 11.4. The summed E-state index contributed by atoms with van der Waals surface area (Å²) < 4.78 is 5.30. The van der Waals surface area contributed by atoms with Crippen LogP contribution in [0.1, 0.15) is 18.7 Å². The Balaban J connectivity index is 2.11. The number of nitrogens with zero attached hydrogens (tertiary/aromatic N) is 2. The zero-order valence-corrected chi connectivity index (χ0v) is 9.44. The summed E-state index contributed by atoms with van der Waals surface area (Å²) in [6.07, 6.45) is 3.31. The molecule has 5 nitrogen and oxygen atoms in total. The Morgan fingerprint density at radius 1 is 1.50 bits per heavy atom. The molecule has 0 atom stereocenters. The van der Waals surface area contributed by atoms with Crippen molar-refractivity contribution in [3.8, 4) is 0 Å². The molecule has 16 heavy (non-hydrogen) atoms. The van der Waals surface area contributed by atoms with E-state index < -0.39 is 0 Å². The number of aryl methyl sites for hydroxylation is 1. The van der Waals surface area contributed by atoms with Crippen LogP contribution in [-0.2, 0) is 4.74 Å². The van der Waals surface area contributed by atoms with Gasteiger partial charge in [-0.15, -0.1) is 0 Å². The Morgan fingerprint density at radius 2 is 2.25 bits per heavy atom. The van der Waals surface area contributed by atoms with E-state index in [0.717, 1.165) is 24.5 Å². The minimum atomic E-state index is -0.293. The summed E-state index contributed by atoms with van der Waals surface area (Å²) in [6, 6.07) is 1.82. The highest BCUT2D eigenvalue weighted by Crippen LogP contribution is 2.24. The number of nitrogens with one attached hydrogen (secondary N) is 1. The van der Waals surface area contributed by atoms with E-state index in [1.165, 1.54) is 0 Å². The molecule has 1 aliphatic heterocycles. The van der Waals surface area contributed by atoms with Crippen LogP contribution in [0.2, 0.25) is 0 Å². The molecule has 0 unspecified atom stereocenters. The summed E-state index contributed by atoms with van der Waals surface area (Å²) in [5.74, 6) is 1.49. The van der Waals surface area contributed by atoms with Crippen LogP contribution in [-0.4, -0.2) is 40.4 Å². The van der Waals surface area contributed by atoms with Crippen molar-refractivity contribution in [2.75, 3.05) is 25.1 Å². The second-order valence-corrected chi connectivity index (χ2v) is 4.16. The Bertz CT molecular complexity index is 351. The molecule has 0 spiro atoms. The first-order valence-electron chi connectivity index (χ1n) is 5.51. The van der Waals surface area contributed by atoms with E-state index in [1.807, 2.05) is 13.0 Å². The quantitative estimate of drug-likeness (QED) is 0.791. The fraction of sp³-hybridized carbons (Fsp3) is 0.636. The molecule has 1 aromatic heterocycles. The van der Waals surface area contributed by atoms with Gasteiger partial charge < -0.3 is 15.2 Å². The molecule has 2 rings (SSSR count).